The maximum atomic E-state index is 12.8. The van der Waals surface area contributed by atoms with E-state index in [2.05, 4.69) is 15.1 Å². The Morgan fingerprint density at radius 1 is 1.06 bits per heavy atom. The van der Waals surface area contributed by atoms with Gasteiger partial charge in [-0.25, -0.2) is 9.97 Å². The quantitative estimate of drug-likeness (QED) is 0.437. The summed E-state index contributed by atoms with van der Waals surface area (Å²) in [5.74, 6) is 0.795. The zero-order valence-corrected chi connectivity index (χ0v) is 17.5. The van der Waals surface area contributed by atoms with Gasteiger partial charge < -0.3 is 10.5 Å². The first-order valence-corrected chi connectivity index (χ1v) is 9.77. The molecule has 0 atom stereocenters. The van der Waals surface area contributed by atoms with Crippen molar-refractivity contribution in [2.75, 3.05) is 12.8 Å². The molecule has 2 N–H and O–H groups in total. The minimum Gasteiger partial charge on any atom is -0.495 e. The van der Waals surface area contributed by atoms with E-state index < -0.39 is 11.7 Å². The van der Waals surface area contributed by atoms with Crippen molar-refractivity contribution < 1.29 is 17.9 Å². The van der Waals surface area contributed by atoms with Gasteiger partial charge in [-0.2, -0.15) is 18.3 Å². The predicted molar refractivity (Wildman–Crippen MR) is 115 cm³/mol. The number of halogens is 4. The minimum atomic E-state index is -4.37. The number of nitrogen functional groups attached to an aromatic ring is 1. The Kier molecular flexibility index (Phi) is 5.75. The van der Waals surface area contributed by atoms with E-state index in [9.17, 15) is 13.2 Å². The highest BCUT2D eigenvalue weighted by Gasteiger charge is 2.29. The third-order valence-corrected chi connectivity index (χ3v) is 5.14. The van der Waals surface area contributed by atoms with Crippen LogP contribution < -0.4 is 10.5 Å². The van der Waals surface area contributed by atoms with E-state index in [0.29, 0.717) is 45.3 Å². The molecule has 4 aromatic rings. The molecular weight excluding hydrogens is 443 g/mol. The summed E-state index contributed by atoms with van der Waals surface area (Å²) in [7, 11) is 1.53. The molecule has 2 heterocycles. The van der Waals surface area contributed by atoms with Crippen LogP contribution in [0.2, 0.25) is 5.02 Å². The van der Waals surface area contributed by atoms with Gasteiger partial charge in [0.2, 0.25) is 0 Å². The molecule has 0 aliphatic carbocycles. The van der Waals surface area contributed by atoms with Crippen molar-refractivity contribution in [3.8, 4) is 28.1 Å². The number of nitrogens with two attached hydrogens (primary N) is 1. The minimum absolute atomic E-state index is 0.270. The maximum absolute atomic E-state index is 12.8. The summed E-state index contributed by atoms with van der Waals surface area (Å²) in [6, 6.07) is 10.2. The van der Waals surface area contributed by atoms with Gasteiger partial charge in [0.1, 0.15) is 17.9 Å². The van der Waals surface area contributed by atoms with Gasteiger partial charge in [0.15, 0.2) is 0 Å². The fourth-order valence-electron chi connectivity index (χ4n) is 3.28. The molecule has 0 aliphatic rings. The van der Waals surface area contributed by atoms with Gasteiger partial charge in [0, 0.05) is 11.8 Å². The Morgan fingerprint density at radius 3 is 2.47 bits per heavy atom. The third kappa shape index (κ3) is 4.38. The molecule has 0 aliphatic heterocycles. The summed E-state index contributed by atoms with van der Waals surface area (Å²) >= 11 is 6.27. The molecule has 0 amide bonds. The van der Waals surface area contributed by atoms with Crippen LogP contribution in [0.15, 0.2) is 61.2 Å². The third-order valence-electron chi connectivity index (χ3n) is 4.85. The molecule has 0 radical (unpaired) electrons. The van der Waals surface area contributed by atoms with Gasteiger partial charge >= 0.3 is 6.18 Å². The molecule has 164 valence electrons. The summed E-state index contributed by atoms with van der Waals surface area (Å²) in [4.78, 5) is 8.46. The van der Waals surface area contributed by atoms with Gasteiger partial charge in [-0.3, -0.25) is 4.68 Å². The molecule has 4 rings (SSSR count). The monoisotopic (exact) mass is 459 g/mol. The number of aromatic nitrogens is 4. The van der Waals surface area contributed by atoms with Crippen LogP contribution in [0.1, 0.15) is 11.1 Å². The number of rotatable bonds is 5. The van der Waals surface area contributed by atoms with Gasteiger partial charge in [0.25, 0.3) is 0 Å². The van der Waals surface area contributed by atoms with Gasteiger partial charge in [-0.15, -0.1) is 0 Å². The Morgan fingerprint density at radius 2 is 1.81 bits per heavy atom. The molecule has 0 saturated carbocycles. The highest BCUT2D eigenvalue weighted by Crippen LogP contribution is 2.37. The van der Waals surface area contributed by atoms with Crippen molar-refractivity contribution in [3.05, 3.63) is 77.3 Å². The Labute approximate surface area is 186 Å². The lowest BCUT2D eigenvalue weighted by molar-refractivity contribution is -0.137. The van der Waals surface area contributed by atoms with Crippen LogP contribution in [0.5, 0.6) is 5.75 Å². The number of nitrogens with zero attached hydrogens (tertiary/aromatic N) is 4. The number of hydrogen-bond acceptors (Lipinski definition) is 5. The summed E-state index contributed by atoms with van der Waals surface area (Å²) in [6.45, 7) is 0.294. The van der Waals surface area contributed by atoms with E-state index in [1.807, 2.05) is 0 Å². The second-order valence-corrected chi connectivity index (χ2v) is 7.36. The van der Waals surface area contributed by atoms with Crippen LogP contribution in [0.4, 0.5) is 19.0 Å². The number of benzene rings is 2. The van der Waals surface area contributed by atoms with Crippen LogP contribution in [0.3, 0.4) is 0 Å². The van der Waals surface area contributed by atoms with Crippen LogP contribution in [0.25, 0.3) is 22.4 Å². The topological polar surface area (TPSA) is 78.8 Å². The summed E-state index contributed by atoms with van der Waals surface area (Å²) in [5, 5.41) is 4.73. The van der Waals surface area contributed by atoms with E-state index in [1.54, 1.807) is 35.3 Å². The molecule has 0 unspecified atom stereocenters. The van der Waals surface area contributed by atoms with Crippen molar-refractivity contribution in [2.45, 2.75) is 12.7 Å². The first kappa shape index (κ1) is 21.6. The zero-order valence-electron chi connectivity index (χ0n) is 16.8. The van der Waals surface area contributed by atoms with Crippen molar-refractivity contribution in [1.29, 1.82) is 0 Å². The summed E-state index contributed by atoms with van der Waals surface area (Å²) in [6.07, 6.45) is 0.339. The first-order chi connectivity index (χ1) is 15.3. The van der Waals surface area contributed by atoms with Gasteiger partial charge in [-0.1, -0.05) is 29.8 Å². The number of hydrogen-bond donors (Lipinski definition) is 1. The standard InChI is InChI=1S/C22H17ClF3N5O/c1-32-18-7-4-14(8-17(18)23)19-20(28-12-29-21(19)27)15-9-30-31(11-15)10-13-2-5-16(6-3-13)22(24,25)26/h2-9,11-12H,10H2,1H3,(H2,27,28,29). The largest absolute Gasteiger partial charge is 0.495 e. The SMILES string of the molecule is COc1ccc(-c2c(N)ncnc2-c2cnn(Cc3ccc(C(F)(F)F)cc3)c2)cc1Cl. The molecular formula is C22H17ClF3N5O. The lowest BCUT2D eigenvalue weighted by atomic mass is 10.0. The molecule has 0 spiro atoms. The number of anilines is 1. The van der Waals surface area contributed by atoms with Crippen molar-refractivity contribution in [3.63, 3.8) is 0 Å². The highest BCUT2D eigenvalue weighted by atomic mass is 35.5. The van der Waals surface area contributed by atoms with Crippen molar-refractivity contribution in [1.82, 2.24) is 19.7 Å². The maximum Gasteiger partial charge on any atom is 0.416 e. The van der Waals surface area contributed by atoms with Crippen LogP contribution in [-0.4, -0.2) is 26.9 Å². The molecule has 2 aromatic carbocycles. The fraction of sp³-hybridized carbons (Fsp3) is 0.136. The molecule has 0 bridgehead atoms. The summed E-state index contributed by atoms with van der Waals surface area (Å²) in [5.41, 5.74) is 8.66. The van der Waals surface area contributed by atoms with E-state index in [-0.39, 0.29) is 5.82 Å². The summed E-state index contributed by atoms with van der Waals surface area (Å²) < 4.78 is 45.1. The molecule has 0 fully saturated rings. The molecule has 10 heteroatoms. The second-order valence-electron chi connectivity index (χ2n) is 6.95. The Bertz CT molecular complexity index is 1260. The van der Waals surface area contributed by atoms with Crippen molar-refractivity contribution in [2.24, 2.45) is 0 Å². The van der Waals surface area contributed by atoms with Crippen LogP contribution in [-0.2, 0) is 12.7 Å². The fourth-order valence-corrected chi connectivity index (χ4v) is 3.54. The smallest absolute Gasteiger partial charge is 0.416 e. The molecule has 6 nitrogen and oxygen atoms in total. The average molecular weight is 460 g/mol. The normalized spacial score (nSPS) is 11.5. The zero-order chi connectivity index (χ0) is 22.9. The highest BCUT2D eigenvalue weighted by molar-refractivity contribution is 6.32. The molecule has 0 saturated heterocycles. The van der Waals surface area contributed by atoms with Crippen molar-refractivity contribution >= 4 is 17.4 Å². The van der Waals surface area contributed by atoms with Gasteiger partial charge in [0.05, 0.1) is 41.7 Å². The number of alkyl halides is 3. The first-order valence-electron chi connectivity index (χ1n) is 9.39. The van der Waals surface area contributed by atoms with E-state index in [0.717, 1.165) is 12.1 Å². The predicted octanol–water partition coefficient (Wildman–Crippen LogP) is 5.32. The van der Waals surface area contributed by atoms with Gasteiger partial charge in [-0.05, 0) is 35.4 Å². The number of ether oxygens (including phenoxy) is 1. The van der Waals surface area contributed by atoms with Crippen LogP contribution >= 0.6 is 11.6 Å². The second kappa shape index (κ2) is 8.51. The van der Waals surface area contributed by atoms with E-state index >= 15 is 0 Å². The lowest BCUT2D eigenvalue weighted by Crippen LogP contribution is -2.05. The van der Waals surface area contributed by atoms with E-state index in [4.69, 9.17) is 22.1 Å². The lowest BCUT2D eigenvalue weighted by Gasteiger charge is -2.11. The average Bonchev–Trinajstić information content (AvgIpc) is 3.21. The Balaban J connectivity index is 1.65. The van der Waals surface area contributed by atoms with Crippen LogP contribution in [0, 0.1) is 0 Å². The molecule has 32 heavy (non-hydrogen) atoms. The molecule has 2 aromatic heterocycles. The number of methoxy groups -OCH3 is 1. The Hall–Kier alpha value is -3.59. The van der Waals surface area contributed by atoms with E-state index in [1.165, 1.54) is 25.6 Å².